The van der Waals surface area contributed by atoms with Crippen LogP contribution in [0.3, 0.4) is 0 Å². The van der Waals surface area contributed by atoms with E-state index in [1.807, 2.05) is 6.08 Å². The van der Waals surface area contributed by atoms with Crippen molar-refractivity contribution in [1.29, 1.82) is 0 Å². The summed E-state index contributed by atoms with van der Waals surface area (Å²) in [6, 6.07) is -0.761. The van der Waals surface area contributed by atoms with Crippen LogP contribution in [0.5, 0.6) is 0 Å². The van der Waals surface area contributed by atoms with Crippen molar-refractivity contribution in [2.75, 3.05) is 6.61 Å². The Labute approximate surface area is 483 Å². The summed E-state index contributed by atoms with van der Waals surface area (Å²) in [4.78, 5) is 12.6. The number of nitrogens with one attached hydrogen (secondary N) is 1. The van der Waals surface area contributed by atoms with Crippen LogP contribution in [0.25, 0.3) is 0 Å². The molecule has 1 amide bonds. The normalized spacial score (nSPS) is 13.2. The molecule has 0 aromatic heterocycles. The van der Waals surface area contributed by atoms with Crippen LogP contribution in [0.2, 0.25) is 0 Å². The highest BCUT2D eigenvalue weighted by Gasteiger charge is 2.20. The highest BCUT2D eigenvalue weighted by Crippen LogP contribution is 2.20. The number of aliphatic hydroxyl groups is 3. The Morgan fingerprint density at radius 1 is 0.325 bits per heavy atom. The first kappa shape index (κ1) is 75.8. The number of rotatable bonds is 67. The monoisotopic (exact) mass is 1080 g/mol. The average molecular weight is 1080 g/mol. The molecule has 4 N–H and O–H groups in total. The summed E-state index contributed by atoms with van der Waals surface area (Å²) in [5.41, 5.74) is 0. The maximum Gasteiger partial charge on any atom is 0.222 e. The minimum Gasteiger partial charge on any atom is -0.394 e. The van der Waals surface area contributed by atoms with Crippen LogP contribution in [-0.2, 0) is 4.79 Å². The van der Waals surface area contributed by atoms with Gasteiger partial charge in [0.25, 0.3) is 0 Å². The lowest BCUT2D eigenvalue weighted by Gasteiger charge is -2.21. The second-order valence-electron chi connectivity index (χ2n) is 24.9. The van der Waals surface area contributed by atoms with Gasteiger partial charge in [-0.3, -0.25) is 4.79 Å². The van der Waals surface area contributed by atoms with Crippen LogP contribution in [-0.4, -0.2) is 46.1 Å². The zero-order valence-corrected chi connectivity index (χ0v) is 52.6. The van der Waals surface area contributed by atoms with Crippen molar-refractivity contribution >= 4 is 5.91 Å². The SMILES string of the molecule is CCCCCCCCCCCCCCCCCCCCC/C=C/CC/C=C/C(O)C(CO)NC(=O)CC(O)CCCCCCCCCCCCCCCCCCCCCCCCCCCCCCCCCCCCCCC. The fraction of sp³-hybridized carbons (Fsp3) is 0.931. The number of amides is 1. The van der Waals surface area contributed by atoms with Gasteiger partial charge in [-0.1, -0.05) is 391 Å². The molecule has 0 bridgehead atoms. The van der Waals surface area contributed by atoms with Crippen LogP contribution >= 0.6 is 0 Å². The third-order valence-electron chi connectivity index (χ3n) is 17.0. The Morgan fingerprint density at radius 3 is 0.831 bits per heavy atom. The van der Waals surface area contributed by atoms with Gasteiger partial charge in [-0.25, -0.2) is 0 Å². The summed E-state index contributed by atoms with van der Waals surface area (Å²) in [5, 5.41) is 33.6. The van der Waals surface area contributed by atoms with Gasteiger partial charge >= 0.3 is 0 Å². The van der Waals surface area contributed by atoms with E-state index in [4.69, 9.17) is 0 Å². The maximum absolute atomic E-state index is 12.6. The summed E-state index contributed by atoms with van der Waals surface area (Å²) in [7, 11) is 0. The molecule has 0 fully saturated rings. The fourth-order valence-electron chi connectivity index (χ4n) is 11.6. The number of hydrogen-bond donors (Lipinski definition) is 4. The number of carbonyl (C=O) groups excluding carboxylic acids is 1. The van der Waals surface area contributed by atoms with Gasteiger partial charge in [0.2, 0.25) is 5.91 Å². The van der Waals surface area contributed by atoms with E-state index in [1.54, 1.807) is 6.08 Å². The second kappa shape index (κ2) is 67.3. The topological polar surface area (TPSA) is 89.8 Å². The van der Waals surface area contributed by atoms with Gasteiger partial charge < -0.3 is 20.6 Å². The highest BCUT2D eigenvalue weighted by molar-refractivity contribution is 5.76. The molecule has 0 aromatic rings. The van der Waals surface area contributed by atoms with Crippen molar-refractivity contribution in [1.82, 2.24) is 5.32 Å². The molecule has 0 rings (SSSR count). The molecule has 0 radical (unpaired) electrons. The summed E-state index contributed by atoms with van der Waals surface area (Å²) < 4.78 is 0. The van der Waals surface area contributed by atoms with Crippen molar-refractivity contribution in [3.05, 3.63) is 24.3 Å². The minimum absolute atomic E-state index is 0.0109. The highest BCUT2D eigenvalue weighted by atomic mass is 16.3. The molecule has 0 heterocycles. The van der Waals surface area contributed by atoms with E-state index in [9.17, 15) is 20.1 Å². The van der Waals surface area contributed by atoms with Gasteiger partial charge in [-0.05, 0) is 32.1 Å². The van der Waals surface area contributed by atoms with Crippen LogP contribution in [0.15, 0.2) is 24.3 Å². The smallest absolute Gasteiger partial charge is 0.222 e. The summed E-state index contributed by atoms with van der Waals surface area (Å²) in [5.74, 6) is -0.316. The zero-order valence-electron chi connectivity index (χ0n) is 52.6. The number of hydrogen-bond acceptors (Lipinski definition) is 4. The molecule has 0 aliphatic carbocycles. The van der Waals surface area contributed by atoms with Gasteiger partial charge in [-0.15, -0.1) is 0 Å². The summed E-state index contributed by atoms with van der Waals surface area (Å²) in [6.45, 7) is 4.26. The molecule has 0 spiro atoms. The molecule has 0 aromatic carbocycles. The molecule has 0 aliphatic rings. The van der Waals surface area contributed by atoms with Crippen molar-refractivity contribution in [2.45, 2.75) is 424 Å². The number of carbonyl (C=O) groups is 1. The molecule has 5 heteroatoms. The Hall–Kier alpha value is -1.17. The first-order valence-corrected chi connectivity index (χ1v) is 35.6. The third-order valence-corrected chi connectivity index (χ3v) is 17.0. The van der Waals surface area contributed by atoms with E-state index >= 15 is 0 Å². The zero-order chi connectivity index (χ0) is 55.7. The Bertz CT molecular complexity index is 1160. The molecule has 458 valence electrons. The van der Waals surface area contributed by atoms with E-state index in [0.717, 1.165) is 32.1 Å². The van der Waals surface area contributed by atoms with E-state index < -0.39 is 18.2 Å². The fourth-order valence-corrected chi connectivity index (χ4v) is 11.6. The van der Waals surface area contributed by atoms with Crippen molar-refractivity contribution in [2.24, 2.45) is 0 Å². The Morgan fingerprint density at radius 2 is 0.558 bits per heavy atom. The minimum atomic E-state index is -0.952. The Balaban J connectivity index is 3.47. The van der Waals surface area contributed by atoms with Crippen molar-refractivity contribution in [3.63, 3.8) is 0 Å². The third kappa shape index (κ3) is 63.9. The number of unbranched alkanes of at least 4 members (excludes halogenated alkanes) is 56. The molecule has 77 heavy (non-hydrogen) atoms. The van der Waals surface area contributed by atoms with Gasteiger partial charge in [0.05, 0.1) is 31.3 Å². The molecular formula is C72H141NO4. The van der Waals surface area contributed by atoms with E-state index in [1.165, 1.54) is 347 Å². The van der Waals surface area contributed by atoms with Crippen LogP contribution in [0.1, 0.15) is 406 Å². The van der Waals surface area contributed by atoms with Crippen molar-refractivity contribution in [3.8, 4) is 0 Å². The lowest BCUT2D eigenvalue weighted by molar-refractivity contribution is -0.124. The molecule has 3 unspecified atom stereocenters. The lowest BCUT2D eigenvalue weighted by Crippen LogP contribution is -2.45. The van der Waals surface area contributed by atoms with Gasteiger partial charge in [0, 0.05) is 0 Å². The van der Waals surface area contributed by atoms with E-state index in [0.29, 0.717) is 6.42 Å². The predicted octanol–water partition coefficient (Wildman–Crippen LogP) is 23.1. The van der Waals surface area contributed by atoms with E-state index in [-0.39, 0.29) is 18.9 Å². The number of aliphatic hydroxyl groups excluding tert-OH is 3. The average Bonchev–Trinajstić information content (AvgIpc) is 3.43. The van der Waals surface area contributed by atoms with Gasteiger partial charge in [0.15, 0.2) is 0 Å². The summed E-state index contributed by atoms with van der Waals surface area (Å²) >= 11 is 0. The molecule has 0 saturated carbocycles. The largest absolute Gasteiger partial charge is 0.394 e. The summed E-state index contributed by atoms with van der Waals surface area (Å²) in [6.07, 6.45) is 88.8. The predicted molar refractivity (Wildman–Crippen MR) is 342 cm³/mol. The molecule has 0 aliphatic heterocycles. The maximum atomic E-state index is 12.6. The quantitative estimate of drug-likeness (QED) is 0.0361. The lowest BCUT2D eigenvalue weighted by atomic mass is 10.0. The molecule has 0 saturated heterocycles. The van der Waals surface area contributed by atoms with Crippen LogP contribution < -0.4 is 5.32 Å². The molecular weight excluding hydrogens is 943 g/mol. The Kier molecular flexibility index (Phi) is 66.3. The molecule has 3 atom stereocenters. The van der Waals surface area contributed by atoms with Crippen LogP contribution in [0.4, 0.5) is 0 Å². The number of allylic oxidation sites excluding steroid dienone is 3. The van der Waals surface area contributed by atoms with Gasteiger partial charge in [0.1, 0.15) is 0 Å². The molecule has 5 nitrogen and oxygen atoms in total. The van der Waals surface area contributed by atoms with Crippen molar-refractivity contribution < 1.29 is 20.1 Å². The standard InChI is InChI=1S/C72H141NO4/c1-3-5-7-9-11-13-15-17-19-21-23-25-27-29-30-31-32-33-34-35-36-37-38-39-40-42-43-45-47-49-51-53-55-57-59-61-63-65-69(75)67-72(77)73-70(68-74)71(76)66-64-62-60-58-56-54-52-50-48-46-44-41-28-26-24-22-20-18-16-14-12-10-8-6-4-2/h56,58,64,66,69-71,74-76H,3-55,57,59-63,65,67-68H2,1-2H3,(H,73,77)/b58-56+,66-64+. The van der Waals surface area contributed by atoms with E-state index in [2.05, 4.69) is 31.3 Å². The van der Waals surface area contributed by atoms with Crippen LogP contribution in [0, 0.1) is 0 Å². The first-order chi connectivity index (χ1) is 38.0. The second-order valence-corrected chi connectivity index (χ2v) is 24.9. The first-order valence-electron chi connectivity index (χ1n) is 35.6. The van der Waals surface area contributed by atoms with Gasteiger partial charge in [-0.2, -0.15) is 0 Å².